The van der Waals surface area contributed by atoms with E-state index in [1.165, 1.54) is 19.3 Å². The third kappa shape index (κ3) is 8.31. The third-order valence-electron chi connectivity index (χ3n) is 4.65. The standard InChI is InChI=1S/C18H32N2O4/c1-2-11-14(16-17(23)20-18(24)19-16)12-9-7-5-3-4-6-8-10-13-15(21)22/h14,16H,2-13H2,1H3,(H,21,22)(H2,19,20,23,24). The second-order valence-corrected chi connectivity index (χ2v) is 6.75. The van der Waals surface area contributed by atoms with Crippen LogP contribution in [0.4, 0.5) is 4.79 Å². The van der Waals surface area contributed by atoms with Crippen molar-refractivity contribution >= 4 is 17.9 Å². The maximum Gasteiger partial charge on any atom is 0.322 e. The molecule has 0 aromatic carbocycles. The molecule has 3 N–H and O–H groups in total. The minimum absolute atomic E-state index is 0.181. The first-order chi connectivity index (χ1) is 11.5. The zero-order valence-electron chi connectivity index (χ0n) is 14.8. The maximum atomic E-state index is 11.8. The van der Waals surface area contributed by atoms with E-state index in [0.29, 0.717) is 0 Å². The molecule has 6 heteroatoms. The van der Waals surface area contributed by atoms with Crippen LogP contribution in [0.1, 0.15) is 84.0 Å². The van der Waals surface area contributed by atoms with Gasteiger partial charge in [0.25, 0.3) is 5.91 Å². The highest BCUT2D eigenvalue weighted by Gasteiger charge is 2.35. The molecule has 3 amide bonds. The van der Waals surface area contributed by atoms with Gasteiger partial charge in [0.2, 0.25) is 0 Å². The molecule has 1 rings (SSSR count). The Balaban J connectivity index is 2.06. The summed E-state index contributed by atoms with van der Waals surface area (Å²) in [5, 5.41) is 13.6. The summed E-state index contributed by atoms with van der Waals surface area (Å²) in [5.41, 5.74) is 0. The van der Waals surface area contributed by atoms with Crippen LogP contribution in [0.15, 0.2) is 0 Å². The largest absolute Gasteiger partial charge is 0.481 e. The average Bonchev–Trinajstić information content (AvgIpc) is 2.86. The van der Waals surface area contributed by atoms with E-state index in [9.17, 15) is 14.4 Å². The Bertz CT molecular complexity index is 412. The zero-order valence-corrected chi connectivity index (χ0v) is 14.8. The van der Waals surface area contributed by atoms with Crippen LogP contribution in [0.25, 0.3) is 0 Å². The number of carboxylic acids is 1. The summed E-state index contributed by atoms with van der Waals surface area (Å²) in [4.78, 5) is 33.4. The van der Waals surface area contributed by atoms with Gasteiger partial charge < -0.3 is 10.4 Å². The molecule has 0 saturated carbocycles. The molecule has 2 atom stereocenters. The van der Waals surface area contributed by atoms with E-state index >= 15 is 0 Å². The first-order valence-corrected chi connectivity index (χ1v) is 9.37. The van der Waals surface area contributed by atoms with Crippen LogP contribution in [-0.4, -0.2) is 29.1 Å². The van der Waals surface area contributed by atoms with Crippen LogP contribution in [0.2, 0.25) is 0 Å². The van der Waals surface area contributed by atoms with Gasteiger partial charge in [-0.15, -0.1) is 0 Å². The maximum absolute atomic E-state index is 11.8. The lowest BCUT2D eigenvalue weighted by Crippen LogP contribution is -2.36. The molecule has 0 aromatic heterocycles. The Morgan fingerprint density at radius 2 is 1.58 bits per heavy atom. The Kier molecular flexibility index (Phi) is 10.1. The second kappa shape index (κ2) is 11.9. The molecule has 0 aromatic rings. The van der Waals surface area contributed by atoms with Gasteiger partial charge in [-0.3, -0.25) is 14.9 Å². The van der Waals surface area contributed by atoms with E-state index in [-0.39, 0.29) is 30.3 Å². The number of nitrogens with one attached hydrogen (secondary N) is 2. The number of carboxylic acid groups (broad SMARTS) is 1. The van der Waals surface area contributed by atoms with E-state index in [1.807, 2.05) is 0 Å². The Morgan fingerprint density at radius 3 is 2.08 bits per heavy atom. The molecule has 1 aliphatic heterocycles. The van der Waals surface area contributed by atoms with Crippen molar-refractivity contribution in [1.82, 2.24) is 10.6 Å². The fourth-order valence-corrected chi connectivity index (χ4v) is 3.36. The number of imide groups is 1. The van der Waals surface area contributed by atoms with E-state index in [1.54, 1.807) is 0 Å². The first-order valence-electron chi connectivity index (χ1n) is 9.37. The number of hydrogen-bond acceptors (Lipinski definition) is 3. The molecular formula is C18H32N2O4. The van der Waals surface area contributed by atoms with Crippen molar-refractivity contribution in [2.45, 2.75) is 90.0 Å². The third-order valence-corrected chi connectivity index (χ3v) is 4.65. The van der Waals surface area contributed by atoms with Crippen molar-refractivity contribution in [1.29, 1.82) is 0 Å². The number of rotatable bonds is 14. The normalized spacial score (nSPS) is 18.3. The molecule has 2 unspecified atom stereocenters. The molecule has 0 aliphatic carbocycles. The van der Waals surface area contributed by atoms with Crippen LogP contribution in [0, 0.1) is 5.92 Å². The summed E-state index contributed by atoms with van der Waals surface area (Å²) in [6.07, 6.45) is 11.9. The highest BCUT2D eigenvalue weighted by Crippen LogP contribution is 2.22. The zero-order chi connectivity index (χ0) is 17.8. The predicted octanol–water partition coefficient (Wildman–Crippen LogP) is 3.60. The van der Waals surface area contributed by atoms with Crippen molar-refractivity contribution in [3.8, 4) is 0 Å². The van der Waals surface area contributed by atoms with Gasteiger partial charge in [0.15, 0.2) is 0 Å². The van der Waals surface area contributed by atoms with Gasteiger partial charge in [-0.2, -0.15) is 0 Å². The van der Waals surface area contributed by atoms with E-state index in [0.717, 1.165) is 51.4 Å². The lowest BCUT2D eigenvalue weighted by Gasteiger charge is -2.20. The topological polar surface area (TPSA) is 95.5 Å². The molecule has 0 spiro atoms. The fraction of sp³-hybridized carbons (Fsp3) is 0.833. The first kappa shape index (κ1) is 20.5. The van der Waals surface area contributed by atoms with Gasteiger partial charge >= 0.3 is 12.0 Å². The number of aliphatic carboxylic acids is 1. The van der Waals surface area contributed by atoms with Crippen LogP contribution in [-0.2, 0) is 9.59 Å². The van der Waals surface area contributed by atoms with Gasteiger partial charge in [-0.25, -0.2) is 4.79 Å². The fourth-order valence-electron chi connectivity index (χ4n) is 3.36. The lowest BCUT2D eigenvalue weighted by atomic mass is 9.89. The summed E-state index contributed by atoms with van der Waals surface area (Å²) in [7, 11) is 0. The van der Waals surface area contributed by atoms with E-state index in [4.69, 9.17) is 5.11 Å². The number of amides is 3. The number of hydrogen-bond donors (Lipinski definition) is 3. The van der Waals surface area contributed by atoms with Gasteiger partial charge in [-0.1, -0.05) is 58.3 Å². The van der Waals surface area contributed by atoms with Gasteiger partial charge in [-0.05, 0) is 25.2 Å². The van der Waals surface area contributed by atoms with Gasteiger partial charge in [0.1, 0.15) is 6.04 Å². The average molecular weight is 340 g/mol. The summed E-state index contributed by atoms with van der Waals surface area (Å²) < 4.78 is 0. The highest BCUT2D eigenvalue weighted by molar-refractivity contribution is 6.04. The van der Waals surface area contributed by atoms with Crippen LogP contribution < -0.4 is 10.6 Å². The Labute approximate surface area is 144 Å². The molecule has 1 saturated heterocycles. The van der Waals surface area contributed by atoms with Crippen molar-refractivity contribution in [2.24, 2.45) is 5.92 Å². The quantitative estimate of drug-likeness (QED) is 0.332. The van der Waals surface area contributed by atoms with Gasteiger partial charge in [0.05, 0.1) is 0 Å². The lowest BCUT2D eigenvalue weighted by molar-refractivity contribution is -0.137. The summed E-state index contributed by atoms with van der Waals surface area (Å²) >= 11 is 0. The molecule has 138 valence electrons. The van der Waals surface area contributed by atoms with Crippen LogP contribution >= 0.6 is 0 Å². The van der Waals surface area contributed by atoms with Crippen molar-refractivity contribution in [3.05, 3.63) is 0 Å². The minimum atomic E-state index is -0.705. The molecule has 1 heterocycles. The van der Waals surface area contributed by atoms with Crippen molar-refractivity contribution in [2.75, 3.05) is 0 Å². The van der Waals surface area contributed by atoms with Crippen LogP contribution in [0.5, 0.6) is 0 Å². The predicted molar refractivity (Wildman–Crippen MR) is 92.7 cm³/mol. The van der Waals surface area contributed by atoms with Crippen molar-refractivity contribution < 1.29 is 19.5 Å². The Hall–Kier alpha value is -1.59. The molecule has 1 fully saturated rings. The monoisotopic (exact) mass is 340 g/mol. The summed E-state index contributed by atoms with van der Waals surface area (Å²) in [6.45, 7) is 2.10. The minimum Gasteiger partial charge on any atom is -0.481 e. The molecule has 0 radical (unpaired) electrons. The van der Waals surface area contributed by atoms with Crippen LogP contribution in [0.3, 0.4) is 0 Å². The summed E-state index contributed by atoms with van der Waals surface area (Å²) in [5.74, 6) is -0.652. The van der Waals surface area contributed by atoms with E-state index in [2.05, 4.69) is 17.6 Å². The van der Waals surface area contributed by atoms with E-state index < -0.39 is 5.97 Å². The number of urea groups is 1. The molecular weight excluding hydrogens is 308 g/mol. The Morgan fingerprint density at radius 1 is 1.00 bits per heavy atom. The molecule has 0 bridgehead atoms. The smallest absolute Gasteiger partial charge is 0.322 e. The molecule has 6 nitrogen and oxygen atoms in total. The molecule has 1 aliphatic rings. The molecule has 24 heavy (non-hydrogen) atoms. The van der Waals surface area contributed by atoms with Gasteiger partial charge in [0, 0.05) is 6.42 Å². The van der Waals surface area contributed by atoms with Crippen molar-refractivity contribution in [3.63, 3.8) is 0 Å². The summed E-state index contributed by atoms with van der Waals surface area (Å²) in [6, 6.07) is -0.722. The second-order valence-electron chi connectivity index (χ2n) is 6.75. The SMILES string of the molecule is CCCC(CCCCCCCCCCC(=O)O)C1NC(=O)NC1=O. The number of unbranched alkanes of at least 4 members (excludes halogenated alkanes) is 7. The number of carbonyl (C=O) groups excluding carboxylic acids is 2. The number of carbonyl (C=O) groups is 3. The highest BCUT2D eigenvalue weighted by atomic mass is 16.4.